The first-order valence-electron chi connectivity index (χ1n) is 18.3. The van der Waals surface area contributed by atoms with Crippen molar-refractivity contribution in [1.29, 1.82) is 0 Å². The molecule has 0 aromatic rings. The molecule has 13 heteroatoms. The summed E-state index contributed by atoms with van der Waals surface area (Å²) < 4.78 is 0. The minimum atomic E-state index is -1.19. The van der Waals surface area contributed by atoms with Crippen LogP contribution >= 0.6 is 30.4 Å². The van der Waals surface area contributed by atoms with Crippen LogP contribution in [0.25, 0.3) is 0 Å². The van der Waals surface area contributed by atoms with E-state index in [9.17, 15) is 0 Å². The molecule has 4 saturated carbocycles. The first kappa shape index (κ1) is 35.0. The molecule has 8 bridgehead atoms. The molecular formula is C32H56Cl3Co2N8. The van der Waals surface area contributed by atoms with Crippen LogP contribution in [0.1, 0.15) is 103 Å². The van der Waals surface area contributed by atoms with E-state index in [4.69, 9.17) is 30.4 Å². The SMILES string of the molecule is C1CCC2C3NC(NC4NC(NC5NC(NC6NC(N3)C3CCCCC63)C3CCCCC53)C3CCCCC43)C2C1.[Cl][Co]([Cl])[Cl].[Co]. The van der Waals surface area contributed by atoms with Gasteiger partial charge in [-0.1, -0.05) is 51.4 Å². The third-order valence-corrected chi connectivity index (χ3v) is 13.8. The Balaban J connectivity index is 0.000000617. The van der Waals surface area contributed by atoms with Crippen molar-refractivity contribution in [2.24, 2.45) is 47.3 Å². The average Bonchev–Trinajstić information content (AvgIpc) is 3.76. The van der Waals surface area contributed by atoms with Crippen LogP contribution in [0.3, 0.4) is 0 Å². The van der Waals surface area contributed by atoms with E-state index >= 15 is 0 Å². The predicted molar refractivity (Wildman–Crippen MR) is 175 cm³/mol. The predicted octanol–water partition coefficient (Wildman–Crippen LogP) is 4.67. The topological polar surface area (TPSA) is 96.2 Å². The van der Waals surface area contributed by atoms with Gasteiger partial charge in [-0.05, 0) is 98.7 Å². The molecule has 0 amide bonds. The molecule has 8 atom stereocenters. The van der Waals surface area contributed by atoms with E-state index in [1.165, 1.54) is 103 Å². The van der Waals surface area contributed by atoms with E-state index in [2.05, 4.69) is 42.5 Å². The van der Waals surface area contributed by atoms with Gasteiger partial charge in [-0.25, -0.2) is 0 Å². The van der Waals surface area contributed by atoms with Gasteiger partial charge in [-0.2, -0.15) is 0 Å². The van der Waals surface area contributed by atoms with Crippen molar-refractivity contribution in [3.63, 3.8) is 0 Å². The fraction of sp³-hybridized carbons (Fsp3) is 1.00. The van der Waals surface area contributed by atoms with Crippen molar-refractivity contribution < 1.29 is 27.7 Å². The van der Waals surface area contributed by atoms with Crippen LogP contribution in [-0.2, 0) is 27.7 Å². The summed E-state index contributed by atoms with van der Waals surface area (Å²) in [6.45, 7) is 0. The Morgan fingerprint density at radius 3 is 0.511 bits per heavy atom. The fourth-order valence-corrected chi connectivity index (χ4v) is 12.0. The molecule has 9 fully saturated rings. The zero-order valence-electron chi connectivity index (χ0n) is 26.4. The molecule has 5 aliphatic heterocycles. The quantitative estimate of drug-likeness (QED) is 0.180. The van der Waals surface area contributed by atoms with Gasteiger partial charge in [-0.15, -0.1) is 0 Å². The molecule has 9 aliphatic rings. The summed E-state index contributed by atoms with van der Waals surface area (Å²) in [5.41, 5.74) is 0. The van der Waals surface area contributed by atoms with Crippen molar-refractivity contribution in [2.45, 2.75) is 152 Å². The summed E-state index contributed by atoms with van der Waals surface area (Å²) in [6.07, 6.45) is 25.6. The molecule has 9 rings (SSSR count). The van der Waals surface area contributed by atoms with E-state index in [-0.39, 0.29) is 16.8 Å². The van der Waals surface area contributed by atoms with Crippen molar-refractivity contribution in [2.75, 3.05) is 0 Å². The van der Waals surface area contributed by atoms with E-state index in [0.29, 0.717) is 49.3 Å². The second-order valence-electron chi connectivity index (χ2n) is 15.7. The fourth-order valence-electron chi connectivity index (χ4n) is 12.0. The van der Waals surface area contributed by atoms with Crippen LogP contribution in [0.4, 0.5) is 0 Å². The molecule has 8 unspecified atom stereocenters. The number of hydrogen-bond donors (Lipinski definition) is 8. The Hall–Kier alpha value is 1.56. The van der Waals surface area contributed by atoms with Gasteiger partial charge >= 0.3 is 41.4 Å². The number of halogens is 3. The molecule has 5 heterocycles. The van der Waals surface area contributed by atoms with E-state index < -0.39 is 10.9 Å². The van der Waals surface area contributed by atoms with Crippen molar-refractivity contribution in [1.82, 2.24) is 42.5 Å². The summed E-state index contributed by atoms with van der Waals surface area (Å²) in [6, 6.07) is 0. The van der Waals surface area contributed by atoms with Crippen LogP contribution in [0, 0.1) is 47.3 Å². The number of nitrogens with one attached hydrogen (secondary N) is 8. The summed E-state index contributed by atoms with van der Waals surface area (Å²) in [7, 11) is 13.4. The molecule has 8 nitrogen and oxygen atoms in total. The Morgan fingerprint density at radius 1 is 0.289 bits per heavy atom. The summed E-state index contributed by atoms with van der Waals surface area (Å²) in [4.78, 5) is 0. The van der Waals surface area contributed by atoms with Gasteiger partial charge in [0.2, 0.25) is 0 Å². The molecule has 4 aliphatic carbocycles. The third-order valence-electron chi connectivity index (χ3n) is 13.8. The molecule has 8 N–H and O–H groups in total. The van der Waals surface area contributed by atoms with Gasteiger partial charge in [0.25, 0.3) is 0 Å². The first-order chi connectivity index (χ1) is 21.5. The van der Waals surface area contributed by atoms with E-state index in [1.807, 2.05) is 0 Å². The van der Waals surface area contributed by atoms with Crippen LogP contribution < -0.4 is 42.5 Å². The zero-order chi connectivity index (χ0) is 29.8. The van der Waals surface area contributed by atoms with Crippen molar-refractivity contribution >= 4 is 30.4 Å². The zero-order valence-corrected chi connectivity index (χ0v) is 30.7. The monoisotopic (exact) mass is 775 g/mol. The van der Waals surface area contributed by atoms with Gasteiger partial charge in [0.15, 0.2) is 0 Å². The Labute approximate surface area is 298 Å². The molecule has 5 saturated heterocycles. The molecule has 45 heavy (non-hydrogen) atoms. The third kappa shape index (κ3) is 7.20. The van der Waals surface area contributed by atoms with Gasteiger partial charge in [0.1, 0.15) is 0 Å². The number of hydrogen-bond acceptors (Lipinski definition) is 8. The van der Waals surface area contributed by atoms with Crippen molar-refractivity contribution in [3.05, 3.63) is 0 Å². The van der Waals surface area contributed by atoms with E-state index in [0.717, 1.165) is 47.3 Å². The number of fused-ring (bicyclic) bond motifs is 20. The first-order valence-corrected chi connectivity index (χ1v) is 22.6. The smallest absolute Gasteiger partial charge is 0 e. The van der Waals surface area contributed by atoms with E-state index in [1.54, 1.807) is 0 Å². The summed E-state index contributed by atoms with van der Waals surface area (Å²) >= 11 is 0. The van der Waals surface area contributed by atoms with Gasteiger partial charge in [0.05, 0.1) is 49.3 Å². The maximum atomic E-state index is 4.87. The van der Waals surface area contributed by atoms with Gasteiger partial charge < -0.3 is 0 Å². The minimum Gasteiger partial charge on any atom is 0 e. The Morgan fingerprint density at radius 2 is 0.400 bits per heavy atom. The summed E-state index contributed by atoms with van der Waals surface area (Å²) in [5.74, 6) is 5.97. The largest absolute Gasteiger partial charge is 0 e. The average molecular weight is 777 g/mol. The van der Waals surface area contributed by atoms with Crippen molar-refractivity contribution in [3.8, 4) is 0 Å². The van der Waals surface area contributed by atoms with Crippen LogP contribution in [0.15, 0.2) is 0 Å². The molecule has 0 spiro atoms. The Kier molecular flexibility index (Phi) is 12.0. The van der Waals surface area contributed by atoms with Crippen LogP contribution in [0.2, 0.25) is 0 Å². The summed E-state index contributed by atoms with van der Waals surface area (Å²) in [5, 5.41) is 33.8. The van der Waals surface area contributed by atoms with Crippen LogP contribution in [0.5, 0.6) is 0 Å². The maximum absolute atomic E-state index is 4.87. The van der Waals surface area contributed by atoms with Crippen LogP contribution in [-0.4, -0.2) is 49.3 Å². The second-order valence-corrected chi connectivity index (χ2v) is 20.9. The maximum Gasteiger partial charge on any atom is 0 e. The minimum absolute atomic E-state index is 0. The molecule has 0 aromatic heterocycles. The molecule has 1 radical (unpaired) electrons. The second kappa shape index (κ2) is 15.4. The molecule has 263 valence electrons. The normalized spacial score (nSPS) is 52.2. The molecule has 0 aromatic carbocycles. The molecular weight excluding hydrogens is 721 g/mol. The Bertz CT molecular complexity index is 778. The standard InChI is InChI=1S/C32H56N8.3ClH.2Co/c1-2-10-18-17(9-1)25-33-26(18)38-28-21-13-5-6-14-22(21)30(35-28)40-32-24-16-8-7-15-23(24)31(36-32)39-29-20-12-4-3-11-19(20)27(34-29)37-25;;;;;/h17-40H,1-16H2;3*1H;;/q;;;;;+3/p-3. The van der Waals surface area contributed by atoms with Gasteiger partial charge in [0, 0.05) is 16.8 Å². The van der Waals surface area contributed by atoms with Gasteiger partial charge in [-0.3, -0.25) is 42.5 Å². The number of rotatable bonds is 0.